The van der Waals surface area contributed by atoms with E-state index >= 15 is 0 Å². The van der Waals surface area contributed by atoms with Gasteiger partial charge in [0.05, 0.1) is 11.0 Å². The summed E-state index contributed by atoms with van der Waals surface area (Å²) in [5.74, 6) is -0.0725. The van der Waals surface area contributed by atoms with E-state index in [-0.39, 0.29) is 17.6 Å². The lowest BCUT2D eigenvalue weighted by Gasteiger charge is -2.22. The largest absolute Gasteiger partial charge is 0.324 e. The Morgan fingerprint density at radius 3 is 2.84 bits per heavy atom. The van der Waals surface area contributed by atoms with Crippen LogP contribution in [0, 0.1) is 17.0 Å². The highest BCUT2D eigenvalue weighted by Crippen LogP contribution is 2.21. The molecule has 1 aliphatic heterocycles. The summed E-state index contributed by atoms with van der Waals surface area (Å²) in [5, 5.41) is 16.6. The topological polar surface area (TPSA) is 84.3 Å². The van der Waals surface area contributed by atoms with Crippen LogP contribution in [-0.4, -0.2) is 23.4 Å². The van der Waals surface area contributed by atoms with Gasteiger partial charge in [0.2, 0.25) is 5.91 Å². The molecule has 1 aromatic carbocycles. The summed E-state index contributed by atoms with van der Waals surface area (Å²) in [4.78, 5) is 22.2. The van der Waals surface area contributed by atoms with Gasteiger partial charge in [0.1, 0.15) is 0 Å². The zero-order chi connectivity index (χ0) is 13.8. The van der Waals surface area contributed by atoms with Crippen LogP contribution in [0.5, 0.6) is 0 Å². The van der Waals surface area contributed by atoms with E-state index in [9.17, 15) is 14.9 Å². The second kappa shape index (κ2) is 5.79. The molecular formula is C13H17N3O3. The van der Waals surface area contributed by atoms with Gasteiger partial charge in [0.15, 0.2) is 0 Å². The molecule has 0 bridgehead atoms. The number of nitro groups is 1. The minimum atomic E-state index is -0.443. The zero-order valence-electron chi connectivity index (χ0n) is 10.8. The van der Waals surface area contributed by atoms with Gasteiger partial charge in [0.25, 0.3) is 5.69 Å². The highest BCUT2D eigenvalue weighted by molar-refractivity contribution is 5.95. The van der Waals surface area contributed by atoms with Crippen LogP contribution in [0.4, 0.5) is 11.4 Å². The fourth-order valence-electron chi connectivity index (χ4n) is 2.20. The number of nitro benzene ring substituents is 1. The molecule has 102 valence electrons. The van der Waals surface area contributed by atoms with Crippen LogP contribution in [-0.2, 0) is 4.79 Å². The lowest BCUT2D eigenvalue weighted by atomic mass is 10.0. The average Bonchev–Trinajstić information content (AvgIpc) is 2.41. The molecule has 0 aromatic heterocycles. The van der Waals surface area contributed by atoms with Crippen LogP contribution in [0.3, 0.4) is 0 Å². The first-order valence-electron chi connectivity index (χ1n) is 6.37. The number of carbonyl (C=O) groups excluding carboxylic acids is 1. The number of benzene rings is 1. The number of non-ortho nitro benzene ring substituents is 1. The van der Waals surface area contributed by atoms with Gasteiger partial charge >= 0.3 is 0 Å². The molecular weight excluding hydrogens is 246 g/mol. The van der Waals surface area contributed by atoms with Crippen molar-refractivity contribution < 1.29 is 9.72 Å². The summed E-state index contributed by atoms with van der Waals surface area (Å²) in [6, 6.07) is 4.28. The van der Waals surface area contributed by atoms with Gasteiger partial charge in [-0.2, -0.15) is 0 Å². The Hall–Kier alpha value is -1.95. The first-order valence-corrected chi connectivity index (χ1v) is 6.37. The maximum Gasteiger partial charge on any atom is 0.269 e. The summed E-state index contributed by atoms with van der Waals surface area (Å²) in [6.45, 7) is 2.61. The molecule has 0 saturated carbocycles. The smallest absolute Gasteiger partial charge is 0.269 e. The van der Waals surface area contributed by atoms with Gasteiger partial charge in [-0.05, 0) is 37.9 Å². The van der Waals surface area contributed by atoms with Crippen LogP contribution < -0.4 is 10.6 Å². The maximum absolute atomic E-state index is 12.0. The lowest BCUT2D eigenvalue weighted by molar-refractivity contribution is -0.384. The van der Waals surface area contributed by atoms with Crippen LogP contribution in [0.2, 0.25) is 0 Å². The molecule has 0 radical (unpaired) electrons. The first kappa shape index (κ1) is 13.5. The molecule has 0 unspecified atom stereocenters. The molecule has 6 nitrogen and oxygen atoms in total. The van der Waals surface area contributed by atoms with Crippen molar-refractivity contribution in [1.29, 1.82) is 0 Å². The van der Waals surface area contributed by atoms with E-state index in [1.54, 1.807) is 13.0 Å². The molecule has 1 aromatic rings. The number of carbonyl (C=O) groups is 1. The van der Waals surface area contributed by atoms with Crippen molar-refractivity contribution in [3.8, 4) is 0 Å². The Morgan fingerprint density at radius 2 is 2.26 bits per heavy atom. The molecule has 6 heteroatoms. The Balaban J connectivity index is 2.06. The van der Waals surface area contributed by atoms with Crippen LogP contribution >= 0.6 is 0 Å². The lowest BCUT2D eigenvalue weighted by Crippen LogP contribution is -2.43. The van der Waals surface area contributed by atoms with Crippen molar-refractivity contribution in [1.82, 2.24) is 5.32 Å². The summed E-state index contributed by atoms with van der Waals surface area (Å²) < 4.78 is 0. The fraction of sp³-hybridized carbons (Fsp3) is 0.462. The van der Waals surface area contributed by atoms with Crippen LogP contribution in [0.15, 0.2) is 18.2 Å². The quantitative estimate of drug-likeness (QED) is 0.645. The molecule has 2 N–H and O–H groups in total. The monoisotopic (exact) mass is 263 g/mol. The Morgan fingerprint density at radius 1 is 1.47 bits per heavy atom. The first-order chi connectivity index (χ1) is 9.08. The molecule has 19 heavy (non-hydrogen) atoms. The number of aryl methyl sites for hydroxylation is 1. The molecule has 0 spiro atoms. The van der Waals surface area contributed by atoms with E-state index in [1.165, 1.54) is 12.1 Å². The van der Waals surface area contributed by atoms with Crippen molar-refractivity contribution in [2.24, 2.45) is 0 Å². The summed E-state index contributed by atoms with van der Waals surface area (Å²) in [5.41, 5.74) is 1.35. The van der Waals surface area contributed by atoms with Gasteiger partial charge in [-0.15, -0.1) is 0 Å². The second-order valence-electron chi connectivity index (χ2n) is 4.75. The minimum absolute atomic E-state index is 0.0336. The molecule has 0 aliphatic carbocycles. The number of rotatable bonds is 3. The molecule has 1 heterocycles. The third kappa shape index (κ3) is 3.29. The van der Waals surface area contributed by atoms with Crippen LogP contribution in [0.25, 0.3) is 0 Å². The Kier molecular flexibility index (Phi) is 4.11. The van der Waals surface area contributed by atoms with Crippen molar-refractivity contribution in [2.75, 3.05) is 11.9 Å². The predicted molar refractivity (Wildman–Crippen MR) is 72.1 cm³/mol. The number of nitrogens with zero attached hydrogens (tertiary/aromatic N) is 1. The number of amides is 1. The van der Waals surface area contributed by atoms with E-state index in [0.29, 0.717) is 11.3 Å². The van der Waals surface area contributed by atoms with E-state index in [1.807, 2.05) is 0 Å². The average molecular weight is 263 g/mol. The molecule has 1 atom stereocenters. The van der Waals surface area contributed by atoms with Crippen molar-refractivity contribution >= 4 is 17.3 Å². The van der Waals surface area contributed by atoms with Gasteiger partial charge in [-0.25, -0.2) is 0 Å². The second-order valence-corrected chi connectivity index (χ2v) is 4.75. The minimum Gasteiger partial charge on any atom is -0.324 e. The third-order valence-electron chi connectivity index (χ3n) is 3.31. The highest BCUT2D eigenvalue weighted by atomic mass is 16.6. The summed E-state index contributed by atoms with van der Waals surface area (Å²) in [7, 11) is 0. The van der Waals surface area contributed by atoms with E-state index in [4.69, 9.17) is 0 Å². The Labute approximate surface area is 111 Å². The van der Waals surface area contributed by atoms with Gasteiger partial charge < -0.3 is 10.6 Å². The predicted octanol–water partition coefficient (Wildman–Crippen LogP) is 1.98. The number of hydrogen-bond acceptors (Lipinski definition) is 4. The molecule has 1 fully saturated rings. The van der Waals surface area contributed by atoms with Crippen LogP contribution in [0.1, 0.15) is 24.8 Å². The summed E-state index contributed by atoms with van der Waals surface area (Å²) in [6.07, 6.45) is 2.97. The van der Waals surface area contributed by atoms with Gasteiger partial charge in [0, 0.05) is 17.8 Å². The van der Waals surface area contributed by atoms with Crippen molar-refractivity contribution in [2.45, 2.75) is 32.2 Å². The molecule has 1 saturated heterocycles. The van der Waals surface area contributed by atoms with E-state index in [0.717, 1.165) is 25.8 Å². The number of hydrogen-bond donors (Lipinski definition) is 2. The van der Waals surface area contributed by atoms with Gasteiger partial charge in [-0.3, -0.25) is 14.9 Å². The zero-order valence-corrected chi connectivity index (χ0v) is 10.8. The molecule has 2 rings (SSSR count). The third-order valence-corrected chi connectivity index (χ3v) is 3.31. The SMILES string of the molecule is Cc1cc([N+](=O)[O-])ccc1NC(=O)[C@@H]1CCCCN1. The van der Waals surface area contributed by atoms with E-state index in [2.05, 4.69) is 10.6 Å². The van der Waals surface area contributed by atoms with Gasteiger partial charge in [-0.1, -0.05) is 6.42 Å². The van der Waals surface area contributed by atoms with Crippen molar-refractivity contribution in [3.63, 3.8) is 0 Å². The number of piperidine rings is 1. The van der Waals surface area contributed by atoms with E-state index < -0.39 is 4.92 Å². The molecule has 1 aliphatic rings. The maximum atomic E-state index is 12.0. The fourth-order valence-corrected chi connectivity index (χ4v) is 2.20. The molecule has 1 amide bonds. The van der Waals surface area contributed by atoms with Crippen molar-refractivity contribution in [3.05, 3.63) is 33.9 Å². The number of anilines is 1. The summed E-state index contributed by atoms with van der Waals surface area (Å²) >= 11 is 0. The normalized spacial score (nSPS) is 18.9. The highest BCUT2D eigenvalue weighted by Gasteiger charge is 2.21. The standard InChI is InChI=1S/C13H17N3O3/c1-9-8-10(16(18)19)5-6-11(9)15-13(17)12-4-2-3-7-14-12/h5-6,8,12,14H,2-4,7H2,1H3,(H,15,17)/t12-/m0/s1. The Bertz CT molecular complexity index is 496. The number of nitrogens with one attached hydrogen (secondary N) is 2.